The van der Waals surface area contributed by atoms with Crippen LogP contribution in [0.5, 0.6) is 0 Å². The molecular weight excluding hydrogens is 346 g/mol. The van der Waals surface area contributed by atoms with Crippen LogP contribution in [0.3, 0.4) is 0 Å². The normalized spacial score (nSPS) is 28.4. The van der Waals surface area contributed by atoms with E-state index in [0.717, 1.165) is 31.2 Å². The lowest BCUT2D eigenvalue weighted by atomic mass is 9.66. The smallest absolute Gasteiger partial charge is 0.223 e. The molecule has 148 valence electrons. The van der Waals surface area contributed by atoms with Gasteiger partial charge in [0.2, 0.25) is 5.91 Å². The van der Waals surface area contributed by atoms with Gasteiger partial charge in [0.25, 0.3) is 0 Å². The van der Waals surface area contributed by atoms with Crippen LogP contribution in [-0.2, 0) is 10.4 Å². The number of likely N-dealkylation sites (tertiary alicyclic amines) is 1. The average Bonchev–Trinajstić information content (AvgIpc) is 2.75. The second kappa shape index (κ2) is 8.08. The fraction of sp³-hybridized carbons (Fsp3) is 0.480. The SMILES string of the molecule is CC(CC(=O)N1CC[C@@](O)(c2ccccc2)[C@@H]2CCCC[C@@H]21)c1ccccc1. The zero-order valence-corrected chi connectivity index (χ0v) is 16.8. The average molecular weight is 378 g/mol. The van der Waals surface area contributed by atoms with Crippen LogP contribution in [0, 0.1) is 5.92 Å². The van der Waals surface area contributed by atoms with E-state index in [2.05, 4.69) is 24.0 Å². The standard InChI is InChI=1S/C25H31NO2/c1-19(20-10-4-2-5-11-20)18-24(27)26-17-16-25(28,21-12-6-3-7-13-21)22-14-8-9-15-23(22)26/h2-7,10-13,19,22-23,28H,8-9,14-18H2,1H3/t19?,22-,23+,25-/m1/s1. The van der Waals surface area contributed by atoms with Gasteiger partial charge in [0, 0.05) is 24.9 Å². The number of benzene rings is 2. The lowest BCUT2D eigenvalue weighted by Crippen LogP contribution is -2.59. The third-order valence-electron chi connectivity index (χ3n) is 6.92. The molecule has 1 heterocycles. The molecule has 0 bridgehead atoms. The molecule has 1 saturated carbocycles. The van der Waals surface area contributed by atoms with Crippen molar-refractivity contribution in [2.24, 2.45) is 5.92 Å². The largest absolute Gasteiger partial charge is 0.385 e. The maximum absolute atomic E-state index is 13.2. The summed E-state index contributed by atoms with van der Waals surface area (Å²) in [6, 6.07) is 20.5. The lowest BCUT2D eigenvalue weighted by molar-refractivity contribution is -0.155. The van der Waals surface area contributed by atoms with Gasteiger partial charge in [-0.2, -0.15) is 0 Å². The molecule has 3 heteroatoms. The summed E-state index contributed by atoms with van der Waals surface area (Å²) in [5.41, 5.74) is 1.42. The molecule has 3 nitrogen and oxygen atoms in total. The Kier molecular flexibility index (Phi) is 5.54. The summed E-state index contributed by atoms with van der Waals surface area (Å²) in [5.74, 6) is 0.586. The summed E-state index contributed by atoms with van der Waals surface area (Å²) in [6.07, 6.45) is 5.45. The van der Waals surface area contributed by atoms with Crippen LogP contribution >= 0.6 is 0 Å². The minimum Gasteiger partial charge on any atom is -0.385 e. The van der Waals surface area contributed by atoms with E-state index in [-0.39, 0.29) is 23.8 Å². The Balaban J connectivity index is 1.53. The zero-order chi connectivity index (χ0) is 19.6. The molecule has 1 aliphatic carbocycles. The monoisotopic (exact) mass is 377 g/mol. The highest BCUT2D eigenvalue weighted by Crippen LogP contribution is 2.47. The molecule has 0 radical (unpaired) electrons. The molecule has 4 atom stereocenters. The minimum absolute atomic E-state index is 0.133. The number of hydrogen-bond acceptors (Lipinski definition) is 2. The van der Waals surface area contributed by atoms with Crippen molar-refractivity contribution in [2.45, 2.75) is 63.0 Å². The highest BCUT2D eigenvalue weighted by atomic mass is 16.3. The highest BCUT2D eigenvalue weighted by molar-refractivity contribution is 5.77. The van der Waals surface area contributed by atoms with E-state index in [4.69, 9.17) is 0 Å². The topological polar surface area (TPSA) is 40.5 Å². The predicted molar refractivity (Wildman–Crippen MR) is 112 cm³/mol. The van der Waals surface area contributed by atoms with E-state index < -0.39 is 5.60 Å². The van der Waals surface area contributed by atoms with Gasteiger partial charge in [-0.25, -0.2) is 0 Å². The molecule has 1 aliphatic heterocycles. The van der Waals surface area contributed by atoms with E-state index in [1.54, 1.807) is 0 Å². The van der Waals surface area contributed by atoms with Crippen LogP contribution in [0.4, 0.5) is 0 Å². The lowest BCUT2D eigenvalue weighted by Gasteiger charge is -2.52. The molecule has 2 fully saturated rings. The fourth-order valence-corrected chi connectivity index (χ4v) is 5.36. The second-order valence-corrected chi connectivity index (χ2v) is 8.60. The number of nitrogens with zero attached hydrogens (tertiary/aromatic N) is 1. The van der Waals surface area contributed by atoms with E-state index >= 15 is 0 Å². The molecule has 2 aromatic carbocycles. The first-order valence-corrected chi connectivity index (χ1v) is 10.7. The van der Waals surface area contributed by atoms with Gasteiger partial charge in [-0.15, -0.1) is 0 Å². The van der Waals surface area contributed by atoms with Crippen LogP contribution in [0.15, 0.2) is 60.7 Å². The highest BCUT2D eigenvalue weighted by Gasteiger charge is 2.50. The van der Waals surface area contributed by atoms with Crippen LogP contribution in [0.1, 0.15) is 62.5 Å². The van der Waals surface area contributed by atoms with Gasteiger partial charge in [0.05, 0.1) is 5.60 Å². The molecule has 2 aliphatic rings. The minimum atomic E-state index is -0.811. The Morgan fingerprint density at radius 2 is 1.71 bits per heavy atom. The number of amides is 1. The van der Waals surface area contributed by atoms with Crippen LogP contribution in [0.2, 0.25) is 0 Å². The van der Waals surface area contributed by atoms with Gasteiger partial charge in [-0.3, -0.25) is 4.79 Å². The van der Waals surface area contributed by atoms with Gasteiger partial charge in [-0.1, -0.05) is 80.4 Å². The van der Waals surface area contributed by atoms with Gasteiger partial charge < -0.3 is 10.0 Å². The quantitative estimate of drug-likeness (QED) is 0.827. The molecule has 1 amide bonds. The Hall–Kier alpha value is -2.13. The van der Waals surface area contributed by atoms with Gasteiger partial charge >= 0.3 is 0 Å². The van der Waals surface area contributed by atoms with E-state index in [1.807, 2.05) is 48.5 Å². The first-order valence-electron chi connectivity index (χ1n) is 10.7. The second-order valence-electron chi connectivity index (χ2n) is 8.60. The maximum Gasteiger partial charge on any atom is 0.223 e. The van der Waals surface area contributed by atoms with Gasteiger partial charge in [0.1, 0.15) is 0 Å². The number of hydrogen-bond donors (Lipinski definition) is 1. The van der Waals surface area contributed by atoms with E-state index in [1.165, 1.54) is 5.56 Å². The molecule has 1 unspecified atom stereocenters. The van der Waals surface area contributed by atoms with Crippen LogP contribution in [-0.4, -0.2) is 28.5 Å². The Bertz CT molecular complexity index is 791. The van der Waals surface area contributed by atoms with Crippen molar-refractivity contribution < 1.29 is 9.90 Å². The third-order valence-corrected chi connectivity index (χ3v) is 6.92. The number of piperidine rings is 1. The third kappa shape index (κ3) is 3.60. The number of carbonyl (C=O) groups is 1. The Morgan fingerprint density at radius 1 is 1.07 bits per heavy atom. The molecule has 0 spiro atoms. The predicted octanol–water partition coefficient (Wildman–Crippen LogP) is 4.86. The molecule has 2 aromatic rings. The zero-order valence-electron chi connectivity index (χ0n) is 16.8. The van der Waals surface area contributed by atoms with Crippen molar-refractivity contribution in [3.05, 3.63) is 71.8 Å². The van der Waals surface area contributed by atoms with Crippen LogP contribution < -0.4 is 0 Å². The van der Waals surface area contributed by atoms with Crippen molar-refractivity contribution in [1.29, 1.82) is 0 Å². The fourth-order valence-electron chi connectivity index (χ4n) is 5.36. The number of rotatable bonds is 4. The van der Waals surface area contributed by atoms with Gasteiger partial charge in [0.15, 0.2) is 0 Å². The molecular formula is C25H31NO2. The Labute approximate surface area is 168 Å². The van der Waals surface area contributed by atoms with Crippen molar-refractivity contribution >= 4 is 5.91 Å². The summed E-state index contributed by atoms with van der Waals surface area (Å²) < 4.78 is 0. The molecule has 0 aromatic heterocycles. The van der Waals surface area contributed by atoms with E-state index in [9.17, 15) is 9.90 Å². The van der Waals surface area contributed by atoms with Crippen molar-refractivity contribution in [2.75, 3.05) is 6.54 Å². The van der Waals surface area contributed by atoms with Crippen molar-refractivity contribution in [3.63, 3.8) is 0 Å². The van der Waals surface area contributed by atoms with Crippen molar-refractivity contribution in [3.8, 4) is 0 Å². The first-order chi connectivity index (χ1) is 13.6. The molecule has 4 rings (SSSR count). The summed E-state index contributed by atoms with van der Waals surface area (Å²) >= 11 is 0. The van der Waals surface area contributed by atoms with Gasteiger partial charge in [-0.05, 0) is 36.3 Å². The summed E-state index contributed by atoms with van der Waals surface area (Å²) in [4.78, 5) is 15.3. The van der Waals surface area contributed by atoms with Crippen LogP contribution in [0.25, 0.3) is 0 Å². The molecule has 1 saturated heterocycles. The summed E-state index contributed by atoms with van der Waals surface area (Å²) in [5, 5.41) is 11.7. The summed E-state index contributed by atoms with van der Waals surface area (Å²) in [6.45, 7) is 2.78. The summed E-state index contributed by atoms with van der Waals surface area (Å²) in [7, 11) is 0. The molecule has 28 heavy (non-hydrogen) atoms. The number of fused-ring (bicyclic) bond motifs is 1. The first kappa shape index (κ1) is 19.2. The molecule has 1 N–H and O–H groups in total. The maximum atomic E-state index is 13.2. The number of aliphatic hydroxyl groups is 1. The van der Waals surface area contributed by atoms with Crippen molar-refractivity contribution in [1.82, 2.24) is 4.90 Å². The number of carbonyl (C=O) groups excluding carboxylic acids is 1. The van der Waals surface area contributed by atoms with E-state index in [0.29, 0.717) is 19.4 Å². The Morgan fingerprint density at radius 3 is 2.43 bits per heavy atom.